The summed E-state index contributed by atoms with van der Waals surface area (Å²) in [7, 11) is 1.62. The van der Waals surface area contributed by atoms with E-state index in [1.165, 1.54) is 0 Å². The van der Waals surface area contributed by atoms with Crippen LogP contribution in [0, 0.1) is 12.3 Å². The summed E-state index contributed by atoms with van der Waals surface area (Å²) >= 11 is -1.56. The third kappa shape index (κ3) is 3.16. The largest absolute Gasteiger partial charge is 0.497 e. The molecule has 0 aromatic heterocycles. The number of methoxy groups -OCH3 is 1. The van der Waals surface area contributed by atoms with Crippen molar-refractivity contribution in [3.05, 3.63) is 90.0 Å². The van der Waals surface area contributed by atoms with Gasteiger partial charge in [-0.1, -0.05) is 48.0 Å². The van der Waals surface area contributed by atoms with E-state index in [1.54, 1.807) is 15.7 Å². The maximum Gasteiger partial charge on any atom is 0.232 e. The van der Waals surface area contributed by atoms with E-state index in [-0.39, 0.29) is 5.84 Å². The molecule has 1 aliphatic rings. The normalized spacial score (nSPS) is 19.1. The molecule has 3 aromatic rings. The number of benzene rings is 3. The average molecular weight is 391 g/mol. The van der Waals surface area contributed by atoms with Gasteiger partial charge < -0.3 is 4.74 Å². The number of nitrogens with one attached hydrogen (secondary N) is 1. The summed E-state index contributed by atoms with van der Waals surface area (Å²) in [5.74, 6) is 1.02. The molecule has 0 spiro atoms. The van der Waals surface area contributed by atoms with E-state index in [4.69, 9.17) is 10.1 Å². The van der Waals surface area contributed by atoms with Gasteiger partial charge in [-0.2, -0.15) is 0 Å². The first kappa shape index (κ1) is 18.3. The van der Waals surface area contributed by atoms with Crippen molar-refractivity contribution in [1.29, 1.82) is 5.41 Å². The number of nitrogens with zero attached hydrogens (tertiary/aromatic N) is 2. The van der Waals surface area contributed by atoms with E-state index in [2.05, 4.69) is 0 Å². The van der Waals surface area contributed by atoms with Crippen LogP contribution >= 0.6 is 0 Å². The first-order valence-electron chi connectivity index (χ1n) is 8.95. The number of aryl methyl sites for hydroxylation is 1. The summed E-state index contributed by atoms with van der Waals surface area (Å²) in [4.78, 5) is 0. The van der Waals surface area contributed by atoms with Gasteiger partial charge in [0.25, 0.3) is 0 Å². The Balaban J connectivity index is 1.82. The van der Waals surface area contributed by atoms with Gasteiger partial charge in [-0.05, 0) is 48.9 Å². The van der Waals surface area contributed by atoms with E-state index in [0.29, 0.717) is 0 Å². The number of ether oxygens (including phenoxy) is 1. The molecule has 5 nitrogen and oxygen atoms in total. The molecule has 0 radical (unpaired) electrons. The molecule has 2 atom stereocenters. The van der Waals surface area contributed by atoms with Gasteiger partial charge >= 0.3 is 0 Å². The standard InChI is InChI=1S/C22H21N3O2S/c1-16-8-12-19(13-9-16)24-21(17-10-14-20(27-2)15-11-17)22(23)25(28(24)26)18-6-4-3-5-7-18/h3-15,21,23H,1-2H3. The van der Waals surface area contributed by atoms with Crippen molar-refractivity contribution >= 4 is 28.4 Å². The summed E-state index contributed by atoms with van der Waals surface area (Å²) in [6, 6.07) is 24.4. The summed E-state index contributed by atoms with van der Waals surface area (Å²) in [6.45, 7) is 2.02. The SMILES string of the molecule is COc1ccc(C2C(=N)N(c3ccccc3)S(=O)N2c2ccc(C)cc2)cc1. The van der Waals surface area contributed by atoms with Crippen LogP contribution in [0.3, 0.4) is 0 Å². The average Bonchev–Trinajstić information content (AvgIpc) is 2.99. The Labute approximate surface area is 167 Å². The molecule has 1 fully saturated rings. The first-order chi connectivity index (χ1) is 13.6. The topological polar surface area (TPSA) is 56.6 Å². The van der Waals surface area contributed by atoms with Crippen LogP contribution in [0.1, 0.15) is 17.2 Å². The van der Waals surface area contributed by atoms with Crippen LogP contribution in [0.15, 0.2) is 78.9 Å². The Hall–Kier alpha value is -3.12. The first-order valence-corrected chi connectivity index (χ1v) is 10.0. The summed E-state index contributed by atoms with van der Waals surface area (Å²) < 4.78 is 22.1. The lowest BCUT2D eigenvalue weighted by Gasteiger charge is -2.23. The highest BCUT2D eigenvalue weighted by molar-refractivity contribution is 7.89. The van der Waals surface area contributed by atoms with E-state index in [9.17, 15) is 4.21 Å². The molecule has 1 heterocycles. The van der Waals surface area contributed by atoms with Gasteiger partial charge in [0.2, 0.25) is 11.2 Å². The maximum absolute atomic E-state index is 13.5. The molecule has 28 heavy (non-hydrogen) atoms. The Morgan fingerprint density at radius 2 is 1.54 bits per heavy atom. The van der Waals surface area contributed by atoms with Crippen molar-refractivity contribution in [2.45, 2.75) is 13.0 Å². The van der Waals surface area contributed by atoms with Crippen LogP contribution in [0.2, 0.25) is 0 Å². The molecule has 6 heteroatoms. The minimum absolute atomic E-state index is 0.273. The molecule has 2 unspecified atom stereocenters. The predicted octanol–water partition coefficient (Wildman–Crippen LogP) is 4.63. The zero-order valence-corrected chi connectivity index (χ0v) is 16.5. The molecule has 0 amide bonds. The molecule has 4 rings (SSSR count). The van der Waals surface area contributed by atoms with Crippen LogP contribution in [0.4, 0.5) is 11.4 Å². The Bertz CT molecular complexity index is 1000. The van der Waals surface area contributed by atoms with Crippen molar-refractivity contribution in [2.24, 2.45) is 0 Å². The van der Waals surface area contributed by atoms with E-state index < -0.39 is 17.2 Å². The van der Waals surface area contributed by atoms with Crippen LogP contribution < -0.4 is 13.3 Å². The zero-order chi connectivity index (χ0) is 19.7. The van der Waals surface area contributed by atoms with Crippen molar-refractivity contribution in [3.63, 3.8) is 0 Å². The third-order valence-corrected chi connectivity index (χ3v) is 6.23. The second-order valence-electron chi connectivity index (χ2n) is 6.58. The summed E-state index contributed by atoms with van der Waals surface area (Å²) in [6.07, 6.45) is 0. The lowest BCUT2D eigenvalue weighted by molar-refractivity contribution is 0.414. The molecule has 1 aliphatic heterocycles. The molecule has 3 aromatic carbocycles. The number of hydrogen-bond donors (Lipinski definition) is 1. The summed E-state index contributed by atoms with van der Waals surface area (Å²) in [5, 5.41) is 8.85. The summed E-state index contributed by atoms with van der Waals surface area (Å²) in [5.41, 5.74) is 3.56. The second kappa shape index (κ2) is 7.48. The molecule has 1 N–H and O–H groups in total. The molecule has 142 valence electrons. The number of amidine groups is 1. The highest BCUT2D eigenvalue weighted by atomic mass is 32.2. The Morgan fingerprint density at radius 1 is 0.893 bits per heavy atom. The molecule has 1 saturated heterocycles. The fraction of sp³-hybridized carbons (Fsp3) is 0.136. The quantitative estimate of drug-likeness (QED) is 0.705. The fourth-order valence-electron chi connectivity index (χ4n) is 3.29. The van der Waals surface area contributed by atoms with Crippen LogP contribution in [0.25, 0.3) is 0 Å². The third-order valence-electron chi connectivity index (χ3n) is 4.75. The van der Waals surface area contributed by atoms with Crippen molar-refractivity contribution in [2.75, 3.05) is 15.7 Å². The van der Waals surface area contributed by atoms with Gasteiger partial charge in [-0.25, -0.2) is 8.51 Å². The van der Waals surface area contributed by atoms with Crippen LogP contribution in [-0.4, -0.2) is 17.2 Å². The minimum Gasteiger partial charge on any atom is -0.497 e. The zero-order valence-electron chi connectivity index (χ0n) is 15.7. The van der Waals surface area contributed by atoms with E-state index >= 15 is 0 Å². The number of anilines is 2. The number of hydrogen-bond acceptors (Lipinski definition) is 3. The van der Waals surface area contributed by atoms with E-state index in [1.807, 2.05) is 85.8 Å². The van der Waals surface area contributed by atoms with Gasteiger partial charge in [0.15, 0.2) is 0 Å². The smallest absolute Gasteiger partial charge is 0.232 e. The van der Waals surface area contributed by atoms with Gasteiger partial charge in [-0.3, -0.25) is 9.71 Å². The Morgan fingerprint density at radius 3 is 2.14 bits per heavy atom. The molecule has 0 saturated carbocycles. The molecular weight excluding hydrogens is 370 g/mol. The number of para-hydroxylation sites is 1. The van der Waals surface area contributed by atoms with Gasteiger partial charge in [-0.15, -0.1) is 0 Å². The van der Waals surface area contributed by atoms with Crippen molar-refractivity contribution in [1.82, 2.24) is 0 Å². The lowest BCUT2D eigenvalue weighted by atomic mass is 10.0. The van der Waals surface area contributed by atoms with Crippen molar-refractivity contribution in [3.8, 4) is 5.75 Å². The number of rotatable bonds is 4. The van der Waals surface area contributed by atoms with Crippen LogP contribution in [0.5, 0.6) is 5.75 Å². The monoisotopic (exact) mass is 391 g/mol. The fourth-order valence-corrected chi connectivity index (χ4v) is 4.74. The molecule has 0 aliphatic carbocycles. The Kier molecular flexibility index (Phi) is 4.88. The predicted molar refractivity (Wildman–Crippen MR) is 114 cm³/mol. The molecule has 0 bridgehead atoms. The van der Waals surface area contributed by atoms with Gasteiger partial charge in [0.05, 0.1) is 18.5 Å². The highest BCUT2D eigenvalue weighted by Crippen LogP contribution is 2.40. The highest BCUT2D eigenvalue weighted by Gasteiger charge is 2.44. The lowest BCUT2D eigenvalue weighted by Crippen LogP contribution is -2.27. The van der Waals surface area contributed by atoms with Crippen molar-refractivity contribution < 1.29 is 8.95 Å². The maximum atomic E-state index is 13.5. The minimum atomic E-state index is -1.56. The van der Waals surface area contributed by atoms with Gasteiger partial charge in [0, 0.05) is 0 Å². The second-order valence-corrected chi connectivity index (χ2v) is 7.80. The van der Waals surface area contributed by atoms with Gasteiger partial charge in [0.1, 0.15) is 17.6 Å². The van der Waals surface area contributed by atoms with E-state index in [0.717, 1.165) is 28.3 Å². The molecular formula is C22H21N3O2S. The van der Waals surface area contributed by atoms with Crippen LogP contribution in [-0.2, 0) is 11.2 Å².